The molecule has 6 nitrogen and oxygen atoms in total. The molecule has 0 aromatic rings. The summed E-state index contributed by atoms with van der Waals surface area (Å²) in [5.74, 6) is -0.882. The number of rotatable bonds is 60. The number of hydrogen-bond acceptors (Lipinski definition) is 6. The predicted octanol–water partition coefficient (Wildman–Crippen LogP) is 22.7. The van der Waals surface area contributed by atoms with Gasteiger partial charge in [0.1, 0.15) is 13.2 Å². The summed E-state index contributed by atoms with van der Waals surface area (Å²) in [7, 11) is 0. The fourth-order valence-corrected chi connectivity index (χ4v) is 9.51. The third-order valence-corrected chi connectivity index (χ3v) is 14.4. The van der Waals surface area contributed by atoms with Gasteiger partial charge in [-0.25, -0.2) is 0 Å². The monoisotopic (exact) mass is 1070 g/mol. The second-order valence-electron chi connectivity index (χ2n) is 22.0. The van der Waals surface area contributed by atoms with E-state index in [4.69, 9.17) is 14.2 Å². The zero-order chi connectivity index (χ0) is 55.7. The summed E-state index contributed by atoms with van der Waals surface area (Å²) in [6.07, 6.45) is 85.9. The van der Waals surface area contributed by atoms with Crippen molar-refractivity contribution >= 4 is 17.9 Å². The molecule has 0 aliphatic heterocycles. The number of carbonyl (C=O) groups is 3. The highest BCUT2D eigenvalue weighted by Gasteiger charge is 2.19. The van der Waals surface area contributed by atoms with E-state index in [2.05, 4.69) is 106 Å². The van der Waals surface area contributed by atoms with Crippen molar-refractivity contribution in [3.8, 4) is 0 Å². The molecule has 0 aliphatic carbocycles. The number of hydrogen-bond donors (Lipinski definition) is 0. The molecule has 0 amide bonds. The Morgan fingerprint density at radius 3 is 0.792 bits per heavy atom. The summed E-state index contributed by atoms with van der Waals surface area (Å²) in [4.78, 5) is 38.4. The Kier molecular flexibility index (Phi) is 62.2. The van der Waals surface area contributed by atoms with Gasteiger partial charge in [-0.3, -0.25) is 14.4 Å². The van der Waals surface area contributed by atoms with Gasteiger partial charge in [-0.1, -0.05) is 305 Å². The lowest BCUT2D eigenvalue weighted by atomic mass is 10.0. The average Bonchev–Trinajstić information content (AvgIpc) is 3.43. The van der Waals surface area contributed by atoms with Gasteiger partial charge in [0.2, 0.25) is 0 Å². The second-order valence-corrected chi connectivity index (χ2v) is 22.0. The molecule has 0 saturated carbocycles. The predicted molar refractivity (Wildman–Crippen MR) is 334 cm³/mol. The lowest BCUT2D eigenvalue weighted by Gasteiger charge is -2.18. The molecular weight excluding hydrogens is 949 g/mol. The zero-order valence-electron chi connectivity index (χ0n) is 51.0. The van der Waals surface area contributed by atoms with Gasteiger partial charge in [0.15, 0.2) is 6.10 Å². The number of allylic oxidation sites excluding steroid dienone is 14. The quantitative estimate of drug-likeness (QED) is 0.0261. The van der Waals surface area contributed by atoms with Gasteiger partial charge in [0, 0.05) is 19.3 Å². The molecule has 0 aromatic carbocycles. The Morgan fingerprint density at radius 2 is 0.506 bits per heavy atom. The standard InChI is InChI=1S/C71H124O6/c1-4-7-10-13-16-19-22-25-28-30-32-33-34-35-36-37-39-40-43-46-49-52-55-58-61-64-70(73)76-67-68(66-75-69(72)63-60-57-54-51-48-45-42-27-24-21-18-15-12-9-6-3)77-71(74)65-62-59-56-53-50-47-44-41-38-31-29-26-23-20-17-14-11-8-5-2/h7,9-10,12,16,18-19,21,25,27-28,32-33,42,68H,4-6,8,11,13-15,17,20,22-24,26,29-31,34-41,43-67H2,1-3H3/b10-7-,12-9-,19-16-,21-18-,28-25-,33-32-,42-27-. The van der Waals surface area contributed by atoms with Gasteiger partial charge >= 0.3 is 17.9 Å². The van der Waals surface area contributed by atoms with E-state index in [1.165, 1.54) is 167 Å². The Labute approximate surface area is 477 Å². The van der Waals surface area contributed by atoms with Crippen LogP contribution in [0.5, 0.6) is 0 Å². The first-order valence-electron chi connectivity index (χ1n) is 33.1. The average molecular weight is 1070 g/mol. The minimum atomic E-state index is -0.784. The lowest BCUT2D eigenvalue weighted by molar-refractivity contribution is -0.167. The molecule has 0 fully saturated rings. The highest BCUT2D eigenvalue weighted by molar-refractivity contribution is 5.71. The van der Waals surface area contributed by atoms with E-state index >= 15 is 0 Å². The molecule has 1 atom stereocenters. The molecule has 77 heavy (non-hydrogen) atoms. The largest absolute Gasteiger partial charge is 0.462 e. The van der Waals surface area contributed by atoms with Crippen LogP contribution in [-0.4, -0.2) is 37.2 Å². The SMILES string of the molecule is CC/C=C\C/C=C\C/C=C\C/C=C\CCCCCCCCCCCCCCC(=O)OCC(COC(=O)CCCCCCC/C=C\C/C=C\C/C=C\CC)OC(=O)CCCCCCCCCCCCCCCCCCCCC. The Balaban J connectivity index is 4.32. The van der Waals surface area contributed by atoms with Crippen LogP contribution in [0.15, 0.2) is 85.1 Å². The number of carbonyl (C=O) groups excluding carboxylic acids is 3. The van der Waals surface area contributed by atoms with Crippen LogP contribution in [0.25, 0.3) is 0 Å². The van der Waals surface area contributed by atoms with Crippen molar-refractivity contribution in [3.05, 3.63) is 85.1 Å². The summed E-state index contributed by atoms with van der Waals surface area (Å²) in [5.41, 5.74) is 0. The van der Waals surface area contributed by atoms with Crippen molar-refractivity contribution in [2.75, 3.05) is 13.2 Å². The number of esters is 3. The Morgan fingerprint density at radius 1 is 0.273 bits per heavy atom. The van der Waals surface area contributed by atoms with Gasteiger partial charge in [0.05, 0.1) is 0 Å². The summed E-state index contributed by atoms with van der Waals surface area (Å²) in [6, 6.07) is 0. The van der Waals surface area contributed by atoms with Gasteiger partial charge in [-0.05, 0) is 89.9 Å². The topological polar surface area (TPSA) is 78.9 Å². The van der Waals surface area contributed by atoms with E-state index in [1.54, 1.807) is 0 Å². The molecule has 0 radical (unpaired) electrons. The van der Waals surface area contributed by atoms with Crippen LogP contribution in [0, 0.1) is 0 Å². The van der Waals surface area contributed by atoms with Gasteiger partial charge in [-0.15, -0.1) is 0 Å². The molecular formula is C71H124O6. The van der Waals surface area contributed by atoms with E-state index in [-0.39, 0.29) is 31.1 Å². The van der Waals surface area contributed by atoms with Crippen LogP contribution in [0.2, 0.25) is 0 Å². The van der Waals surface area contributed by atoms with Crippen LogP contribution < -0.4 is 0 Å². The van der Waals surface area contributed by atoms with Crippen molar-refractivity contribution in [2.45, 2.75) is 335 Å². The summed E-state index contributed by atoms with van der Waals surface area (Å²) >= 11 is 0. The molecule has 0 aliphatic rings. The summed E-state index contributed by atoms with van der Waals surface area (Å²) in [5, 5.41) is 0. The minimum Gasteiger partial charge on any atom is -0.462 e. The van der Waals surface area contributed by atoms with Crippen LogP contribution >= 0.6 is 0 Å². The molecule has 6 heteroatoms. The van der Waals surface area contributed by atoms with Gasteiger partial charge < -0.3 is 14.2 Å². The van der Waals surface area contributed by atoms with Gasteiger partial charge in [0.25, 0.3) is 0 Å². The van der Waals surface area contributed by atoms with Crippen LogP contribution in [0.4, 0.5) is 0 Å². The fraction of sp³-hybridized carbons (Fsp3) is 0.761. The number of ether oxygens (including phenoxy) is 3. The lowest BCUT2D eigenvalue weighted by Crippen LogP contribution is -2.30. The van der Waals surface area contributed by atoms with Crippen LogP contribution in [0.3, 0.4) is 0 Å². The number of unbranched alkanes of at least 4 members (excludes halogenated alkanes) is 35. The molecule has 1 unspecified atom stereocenters. The highest BCUT2D eigenvalue weighted by atomic mass is 16.6. The molecule has 0 saturated heterocycles. The molecule has 0 aromatic heterocycles. The molecule has 0 heterocycles. The van der Waals surface area contributed by atoms with Crippen molar-refractivity contribution in [3.63, 3.8) is 0 Å². The minimum absolute atomic E-state index is 0.0800. The highest BCUT2D eigenvalue weighted by Crippen LogP contribution is 2.17. The molecule has 0 N–H and O–H groups in total. The maximum absolute atomic E-state index is 12.9. The maximum Gasteiger partial charge on any atom is 0.306 e. The Hall–Kier alpha value is -3.41. The fourth-order valence-electron chi connectivity index (χ4n) is 9.51. The summed E-state index contributed by atoms with van der Waals surface area (Å²) in [6.45, 7) is 6.45. The molecule has 444 valence electrons. The first kappa shape index (κ1) is 73.6. The molecule has 0 rings (SSSR count). The van der Waals surface area contributed by atoms with Crippen molar-refractivity contribution in [1.29, 1.82) is 0 Å². The van der Waals surface area contributed by atoms with E-state index < -0.39 is 6.10 Å². The first-order chi connectivity index (χ1) is 38.0. The third-order valence-electron chi connectivity index (χ3n) is 14.4. The van der Waals surface area contributed by atoms with Crippen molar-refractivity contribution < 1.29 is 28.6 Å². The Bertz CT molecular complexity index is 1470. The molecule has 0 bridgehead atoms. The normalized spacial score (nSPS) is 12.6. The van der Waals surface area contributed by atoms with E-state index in [1.807, 2.05) is 0 Å². The zero-order valence-corrected chi connectivity index (χ0v) is 51.0. The first-order valence-corrected chi connectivity index (χ1v) is 33.1. The van der Waals surface area contributed by atoms with Crippen LogP contribution in [0.1, 0.15) is 329 Å². The van der Waals surface area contributed by atoms with Crippen molar-refractivity contribution in [2.24, 2.45) is 0 Å². The van der Waals surface area contributed by atoms with Crippen molar-refractivity contribution in [1.82, 2.24) is 0 Å². The second kappa shape index (κ2) is 65.1. The summed E-state index contributed by atoms with van der Waals surface area (Å²) < 4.78 is 17.0. The third kappa shape index (κ3) is 63.3. The van der Waals surface area contributed by atoms with Crippen LogP contribution in [-0.2, 0) is 28.6 Å². The van der Waals surface area contributed by atoms with E-state index in [9.17, 15) is 14.4 Å². The van der Waals surface area contributed by atoms with E-state index in [0.29, 0.717) is 19.3 Å². The smallest absolute Gasteiger partial charge is 0.306 e. The van der Waals surface area contributed by atoms with Gasteiger partial charge in [-0.2, -0.15) is 0 Å². The maximum atomic E-state index is 12.9. The van der Waals surface area contributed by atoms with E-state index in [0.717, 1.165) is 122 Å². The molecule has 0 spiro atoms.